The minimum Gasteiger partial charge on any atom is -0.419 e. The molecule has 3 atom stereocenters. The molecule has 0 bridgehead atoms. The normalized spacial score (nSPS) is 28.9. The molecule has 2 aliphatic heterocycles. The molecule has 0 aliphatic carbocycles. The van der Waals surface area contributed by atoms with E-state index < -0.39 is 0 Å². The standard InChI is InChI=1S/C16H20N4O/c1-11-14-8-17-7-13(14)9-20(11)10-15-18-19-16(21-15)12-5-3-2-4-6-12/h2-6,11,13-14,17H,7-10H2,1H3. The van der Waals surface area contributed by atoms with Crippen molar-refractivity contribution in [3.8, 4) is 11.5 Å². The summed E-state index contributed by atoms with van der Waals surface area (Å²) >= 11 is 0. The Morgan fingerprint density at radius 2 is 2.10 bits per heavy atom. The van der Waals surface area contributed by atoms with E-state index in [0.29, 0.717) is 17.8 Å². The summed E-state index contributed by atoms with van der Waals surface area (Å²) in [5.41, 5.74) is 0.979. The van der Waals surface area contributed by atoms with Crippen molar-refractivity contribution in [2.45, 2.75) is 19.5 Å². The number of likely N-dealkylation sites (tertiary alicyclic amines) is 1. The third kappa shape index (κ3) is 2.36. The molecule has 5 heteroatoms. The van der Waals surface area contributed by atoms with Crippen LogP contribution < -0.4 is 5.32 Å². The van der Waals surface area contributed by atoms with Crippen LogP contribution in [0.25, 0.3) is 11.5 Å². The summed E-state index contributed by atoms with van der Waals surface area (Å²) in [6, 6.07) is 10.5. The van der Waals surface area contributed by atoms with E-state index in [1.807, 2.05) is 30.3 Å². The molecule has 3 unspecified atom stereocenters. The zero-order chi connectivity index (χ0) is 14.2. The van der Waals surface area contributed by atoms with E-state index in [4.69, 9.17) is 4.42 Å². The topological polar surface area (TPSA) is 54.2 Å². The number of hydrogen-bond donors (Lipinski definition) is 1. The van der Waals surface area contributed by atoms with Gasteiger partial charge in [-0.15, -0.1) is 10.2 Å². The number of hydrogen-bond acceptors (Lipinski definition) is 5. The summed E-state index contributed by atoms with van der Waals surface area (Å²) in [6.45, 7) is 6.48. The second-order valence-corrected chi connectivity index (χ2v) is 6.12. The van der Waals surface area contributed by atoms with E-state index in [2.05, 4.69) is 27.3 Å². The van der Waals surface area contributed by atoms with Crippen LogP contribution in [-0.4, -0.2) is 40.8 Å². The van der Waals surface area contributed by atoms with Gasteiger partial charge in [0.1, 0.15) is 0 Å². The van der Waals surface area contributed by atoms with Gasteiger partial charge >= 0.3 is 0 Å². The van der Waals surface area contributed by atoms with Crippen molar-refractivity contribution in [1.82, 2.24) is 20.4 Å². The van der Waals surface area contributed by atoms with Crippen molar-refractivity contribution in [3.05, 3.63) is 36.2 Å². The Kier molecular flexibility index (Phi) is 3.24. The molecule has 5 nitrogen and oxygen atoms in total. The molecule has 1 N–H and O–H groups in total. The number of aromatic nitrogens is 2. The highest BCUT2D eigenvalue weighted by Crippen LogP contribution is 2.33. The van der Waals surface area contributed by atoms with Crippen molar-refractivity contribution in [3.63, 3.8) is 0 Å². The Hall–Kier alpha value is -1.72. The molecule has 0 radical (unpaired) electrons. The zero-order valence-corrected chi connectivity index (χ0v) is 12.2. The molecule has 2 saturated heterocycles. The second-order valence-electron chi connectivity index (χ2n) is 6.12. The molecule has 0 amide bonds. The van der Waals surface area contributed by atoms with Gasteiger partial charge in [-0.1, -0.05) is 18.2 Å². The lowest BCUT2D eigenvalue weighted by Gasteiger charge is -2.22. The minimum absolute atomic E-state index is 0.581. The minimum atomic E-state index is 0.581. The predicted octanol–water partition coefficient (Wildman–Crippen LogP) is 1.78. The highest BCUT2D eigenvalue weighted by Gasteiger charge is 2.41. The molecule has 2 aliphatic rings. The van der Waals surface area contributed by atoms with Gasteiger partial charge in [0.2, 0.25) is 11.8 Å². The molecule has 0 saturated carbocycles. The zero-order valence-electron chi connectivity index (χ0n) is 12.2. The van der Waals surface area contributed by atoms with Crippen LogP contribution in [0.2, 0.25) is 0 Å². The lowest BCUT2D eigenvalue weighted by atomic mass is 9.95. The van der Waals surface area contributed by atoms with Gasteiger partial charge in [-0.3, -0.25) is 4.90 Å². The summed E-state index contributed by atoms with van der Waals surface area (Å²) in [6.07, 6.45) is 0. The van der Waals surface area contributed by atoms with Gasteiger partial charge in [0.05, 0.1) is 6.54 Å². The predicted molar refractivity (Wildman–Crippen MR) is 79.5 cm³/mol. The van der Waals surface area contributed by atoms with Gasteiger partial charge in [-0.05, 0) is 44.0 Å². The van der Waals surface area contributed by atoms with Gasteiger partial charge in [0.25, 0.3) is 0 Å². The lowest BCUT2D eigenvalue weighted by molar-refractivity contribution is 0.210. The molecule has 4 rings (SSSR count). The van der Waals surface area contributed by atoms with E-state index >= 15 is 0 Å². The van der Waals surface area contributed by atoms with Crippen LogP contribution in [0, 0.1) is 11.8 Å². The maximum Gasteiger partial charge on any atom is 0.247 e. The fourth-order valence-electron chi connectivity index (χ4n) is 3.65. The molecular weight excluding hydrogens is 264 g/mol. The van der Waals surface area contributed by atoms with Gasteiger partial charge in [0, 0.05) is 18.2 Å². The Balaban J connectivity index is 1.48. The first-order chi connectivity index (χ1) is 10.3. The van der Waals surface area contributed by atoms with Crippen LogP contribution >= 0.6 is 0 Å². The van der Waals surface area contributed by atoms with Crippen molar-refractivity contribution < 1.29 is 4.42 Å². The molecule has 2 fully saturated rings. The quantitative estimate of drug-likeness (QED) is 0.931. The van der Waals surface area contributed by atoms with Crippen LogP contribution in [0.4, 0.5) is 0 Å². The highest BCUT2D eigenvalue weighted by atomic mass is 16.4. The van der Waals surface area contributed by atoms with Crippen LogP contribution in [0.15, 0.2) is 34.7 Å². The summed E-state index contributed by atoms with van der Waals surface area (Å²) in [7, 11) is 0. The van der Waals surface area contributed by atoms with Crippen molar-refractivity contribution in [2.75, 3.05) is 19.6 Å². The average Bonchev–Trinajstić information content (AvgIpc) is 3.21. The first-order valence-corrected chi connectivity index (χ1v) is 7.64. The van der Waals surface area contributed by atoms with E-state index in [1.54, 1.807) is 0 Å². The fraction of sp³-hybridized carbons (Fsp3) is 0.500. The molecule has 110 valence electrons. The Bertz CT molecular complexity index is 612. The molecule has 21 heavy (non-hydrogen) atoms. The highest BCUT2D eigenvalue weighted by molar-refractivity contribution is 5.51. The third-order valence-corrected chi connectivity index (χ3v) is 4.88. The van der Waals surface area contributed by atoms with Crippen LogP contribution in [0.3, 0.4) is 0 Å². The maximum atomic E-state index is 5.82. The van der Waals surface area contributed by atoms with E-state index in [-0.39, 0.29) is 0 Å². The molecule has 0 spiro atoms. The third-order valence-electron chi connectivity index (χ3n) is 4.88. The molecular formula is C16H20N4O. The van der Waals surface area contributed by atoms with Crippen molar-refractivity contribution in [2.24, 2.45) is 11.8 Å². The van der Waals surface area contributed by atoms with Crippen LogP contribution in [0.1, 0.15) is 12.8 Å². The molecule has 3 heterocycles. The number of fused-ring (bicyclic) bond motifs is 1. The lowest BCUT2D eigenvalue weighted by Crippen LogP contribution is -2.32. The SMILES string of the molecule is CC1C2CNCC2CN1Cc1nnc(-c2ccccc2)o1. The average molecular weight is 284 g/mol. The second kappa shape index (κ2) is 5.24. The largest absolute Gasteiger partial charge is 0.419 e. The van der Waals surface area contributed by atoms with Gasteiger partial charge in [-0.25, -0.2) is 0 Å². The maximum absolute atomic E-state index is 5.82. The monoisotopic (exact) mass is 284 g/mol. The Morgan fingerprint density at radius 1 is 1.24 bits per heavy atom. The van der Waals surface area contributed by atoms with Crippen LogP contribution in [0.5, 0.6) is 0 Å². The van der Waals surface area contributed by atoms with Crippen LogP contribution in [-0.2, 0) is 6.54 Å². The number of nitrogens with one attached hydrogen (secondary N) is 1. The first kappa shape index (κ1) is 13.0. The Labute approximate surface area is 124 Å². The molecule has 1 aromatic heterocycles. The summed E-state index contributed by atoms with van der Waals surface area (Å²) in [5, 5.41) is 11.9. The summed E-state index contributed by atoms with van der Waals surface area (Å²) < 4.78 is 5.82. The first-order valence-electron chi connectivity index (χ1n) is 7.64. The van der Waals surface area contributed by atoms with Gasteiger partial charge in [-0.2, -0.15) is 0 Å². The number of nitrogens with zero attached hydrogens (tertiary/aromatic N) is 3. The van der Waals surface area contributed by atoms with Crippen molar-refractivity contribution in [1.29, 1.82) is 0 Å². The van der Waals surface area contributed by atoms with E-state index in [1.165, 1.54) is 0 Å². The van der Waals surface area contributed by atoms with E-state index in [9.17, 15) is 0 Å². The molecule has 2 aromatic rings. The smallest absolute Gasteiger partial charge is 0.247 e. The number of benzene rings is 1. The number of rotatable bonds is 3. The molecule has 1 aromatic carbocycles. The van der Waals surface area contributed by atoms with Gasteiger partial charge < -0.3 is 9.73 Å². The fourth-order valence-corrected chi connectivity index (χ4v) is 3.65. The summed E-state index contributed by atoms with van der Waals surface area (Å²) in [4.78, 5) is 2.47. The van der Waals surface area contributed by atoms with E-state index in [0.717, 1.165) is 43.6 Å². The summed E-state index contributed by atoms with van der Waals surface area (Å²) in [5.74, 6) is 2.87. The van der Waals surface area contributed by atoms with Gasteiger partial charge in [0.15, 0.2) is 0 Å². The Morgan fingerprint density at radius 3 is 2.90 bits per heavy atom. The van der Waals surface area contributed by atoms with Crippen molar-refractivity contribution >= 4 is 0 Å².